The zero-order chi connectivity index (χ0) is 14.6. The zero-order valence-electron chi connectivity index (χ0n) is 12.5. The van der Waals surface area contributed by atoms with Crippen molar-refractivity contribution in [1.29, 1.82) is 0 Å². The van der Waals surface area contributed by atoms with E-state index in [-0.39, 0.29) is 10.8 Å². The maximum atomic E-state index is 13.0. The minimum absolute atomic E-state index is 0.285. The average Bonchev–Trinajstić information content (AvgIpc) is 2.95. The summed E-state index contributed by atoms with van der Waals surface area (Å²) in [7, 11) is -3.27. The third-order valence-corrected chi connectivity index (χ3v) is 7.26. The molecule has 0 bridgehead atoms. The van der Waals surface area contributed by atoms with Crippen LogP contribution in [0.15, 0.2) is 0 Å². The molecule has 0 aromatic rings. The number of sulfonamides is 1. The molecule has 1 saturated carbocycles. The molecule has 118 valence electrons. The maximum Gasteiger partial charge on any atom is 0.217 e. The van der Waals surface area contributed by atoms with Gasteiger partial charge in [-0.15, -0.1) is 0 Å². The Bertz CT molecular complexity index is 399. The predicted molar refractivity (Wildman–Crippen MR) is 80.0 cm³/mol. The Balaban J connectivity index is 2.26. The molecule has 1 heterocycles. The Morgan fingerprint density at radius 1 is 1.25 bits per heavy atom. The molecule has 0 unspecified atom stereocenters. The van der Waals surface area contributed by atoms with E-state index in [9.17, 15) is 8.42 Å². The second-order valence-corrected chi connectivity index (χ2v) is 8.20. The van der Waals surface area contributed by atoms with Crippen molar-refractivity contribution < 1.29 is 13.2 Å². The molecule has 0 aromatic carbocycles. The lowest BCUT2D eigenvalue weighted by molar-refractivity contribution is 0.0951. The van der Waals surface area contributed by atoms with Crippen LogP contribution in [0.1, 0.15) is 51.9 Å². The number of nitrogens with two attached hydrogens (primary N) is 1. The highest BCUT2D eigenvalue weighted by molar-refractivity contribution is 7.89. The number of hydrogen-bond acceptors (Lipinski definition) is 4. The van der Waals surface area contributed by atoms with Gasteiger partial charge in [0.05, 0.1) is 5.25 Å². The first-order valence-electron chi connectivity index (χ1n) is 7.86. The second-order valence-electron chi connectivity index (χ2n) is 6.06. The molecule has 2 rings (SSSR count). The lowest BCUT2D eigenvalue weighted by atomic mass is 9.98. The van der Waals surface area contributed by atoms with Crippen LogP contribution < -0.4 is 5.73 Å². The van der Waals surface area contributed by atoms with Gasteiger partial charge in [0.1, 0.15) is 0 Å². The van der Waals surface area contributed by atoms with Crippen LogP contribution in [0.5, 0.6) is 0 Å². The van der Waals surface area contributed by atoms with Gasteiger partial charge < -0.3 is 10.5 Å². The highest BCUT2D eigenvalue weighted by atomic mass is 32.2. The minimum Gasteiger partial charge on any atom is -0.381 e. The zero-order valence-corrected chi connectivity index (χ0v) is 13.3. The quantitative estimate of drug-likeness (QED) is 0.806. The van der Waals surface area contributed by atoms with Crippen LogP contribution in [0.4, 0.5) is 0 Å². The monoisotopic (exact) mass is 304 g/mol. The lowest BCUT2D eigenvalue weighted by Crippen LogP contribution is -2.57. The normalized spacial score (nSPS) is 24.4. The van der Waals surface area contributed by atoms with Crippen LogP contribution in [0.25, 0.3) is 0 Å². The van der Waals surface area contributed by atoms with Gasteiger partial charge >= 0.3 is 0 Å². The average molecular weight is 304 g/mol. The van der Waals surface area contributed by atoms with E-state index in [1.807, 2.05) is 6.92 Å². The third-order valence-electron chi connectivity index (χ3n) is 4.77. The van der Waals surface area contributed by atoms with Crippen LogP contribution in [0.3, 0.4) is 0 Å². The fourth-order valence-corrected chi connectivity index (χ4v) is 5.96. The van der Waals surface area contributed by atoms with Gasteiger partial charge in [-0.1, -0.05) is 19.8 Å². The summed E-state index contributed by atoms with van der Waals surface area (Å²) in [6.07, 6.45) is 6.05. The van der Waals surface area contributed by atoms with Gasteiger partial charge in [-0.25, -0.2) is 8.42 Å². The number of ether oxygens (including phenoxy) is 1. The van der Waals surface area contributed by atoms with Crippen LogP contribution >= 0.6 is 0 Å². The summed E-state index contributed by atoms with van der Waals surface area (Å²) in [6, 6.07) is 0. The van der Waals surface area contributed by atoms with Crippen LogP contribution in [-0.2, 0) is 14.8 Å². The van der Waals surface area contributed by atoms with E-state index in [1.165, 1.54) is 0 Å². The Kier molecular flexibility index (Phi) is 5.45. The number of hydrogen-bond donors (Lipinski definition) is 1. The van der Waals surface area contributed by atoms with Gasteiger partial charge in [-0.2, -0.15) is 4.31 Å². The van der Waals surface area contributed by atoms with E-state index in [2.05, 4.69) is 0 Å². The van der Waals surface area contributed by atoms with Gasteiger partial charge in [0.15, 0.2) is 0 Å². The van der Waals surface area contributed by atoms with Crippen LogP contribution in [0.2, 0.25) is 0 Å². The molecule has 0 spiro atoms. The van der Waals surface area contributed by atoms with Gasteiger partial charge in [0, 0.05) is 31.8 Å². The molecule has 2 fully saturated rings. The van der Waals surface area contributed by atoms with Crippen molar-refractivity contribution in [2.45, 2.75) is 62.7 Å². The number of rotatable bonds is 6. The highest BCUT2D eigenvalue weighted by Crippen LogP contribution is 2.38. The molecular weight excluding hydrogens is 276 g/mol. The lowest BCUT2D eigenvalue weighted by Gasteiger charge is -2.42. The summed E-state index contributed by atoms with van der Waals surface area (Å²) < 4.78 is 33.2. The summed E-state index contributed by atoms with van der Waals surface area (Å²) in [5, 5.41) is -0.285. The van der Waals surface area contributed by atoms with Crippen LogP contribution in [-0.4, -0.2) is 49.8 Å². The smallest absolute Gasteiger partial charge is 0.217 e. The molecule has 2 aliphatic rings. The molecule has 0 aromatic heterocycles. The topological polar surface area (TPSA) is 72.6 Å². The summed E-state index contributed by atoms with van der Waals surface area (Å²) in [4.78, 5) is 0. The summed E-state index contributed by atoms with van der Waals surface area (Å²) in [5.41, 5.74) is 5.67. The van der Waals surface area contributed by atoms with E-state index in [0.29, 0.717) is 39.1 Å². The molecule has 6 heteroatoms. The summed E-state index contributed by atoms with van der Waals surface area (Å²) in [6.45, 7) is 4.18. The first-order chi connectivity index (χ1) is 9.57. The van der Waals surface area contributed by atoms with E-state index in [1.54, 1.807) is 4.31 Å². The highest BCUT2D eigenvalue weighted by Gasteiger charge is 2.46. The number of nitrogens with zero attached hydrogens (tertiary/aromatic N) is 1. The minimum atomic E-state index is -3.27. The molecule has 1 aliphatic heterocycles. The van der Waals surface area contributed by atoms with Gasteiger partial charge in [-0.3, -0.25) is 0 Å². The predicted octanol–water partition coefficient (Wildman–Crippen LogP) is 1.48. The van der Waals surface area contributed by atoms with E-state index in [4.69, 9.17) is 10.5 Å². The first kappa shape index (κ1) is 16.2. The Morgan fingerprint density at radius 2 is 1.85 bits per heavy atom. The van der Waals surface area contributed by atoms with Crippen molar-refractivity contribution in [3.05, 3.63) is 0 Å². The standard InChI is InChI=1S/C14H28N2O3S/c1-2-9-16(14(12-15)7-3-4-8-14)20(17,18)13-5-10-19-11-6-13/h13H,2-12,15H2,1H3. The summed E-state index contributed by atoms with van der Waals surface area (Å²) in [5.74, 6) is 0. The molecule has 20 heavy (non-hydrogen) atoms. The Labute approximate surface area is 122 Å². The van der Waals surface area contributed by atoms with Crippen molar-refractivity contribution in [1.82, 2.24) is 4.31 Å². The molecule has 0 amide bonds. The maximum absolute atomic E-state index is 13.0. The van der Waals surface area contributed by atoms with Gasteiger partial charge in [-0.05, 0) is 32.1 Å². The van der Waals surface area contributed by atoms with E-state index < -0.39 is 10.0 Å². The SMILES string of the molecule is CCCN(C1(CN)CCCC1)S(=O)(=O)C1CCOCC1. The van der Waals surface area contributed by atoms with Crippen molar-refractivity contribution in [3.8, 4) is 0 Å². The van der Waals surface area contributed by atoms with Gasteiger partial charge in [0.2, 0.25) is 10.0 Å². The van der Waals surface area contributed by atoms with Crippen LogP contribution in [0, 0.1) is 0 Å². The van der Waals surface area contributed by atoms with Crippen molar-refractivity contribution >= 4 is 10.0 Å². The fraction of sp³-hybridized carbons (Fsp3) is 1.00. The molecule has 2 N–H and O–H groups in total. The molecule has 5 nitrogen and oxygen atoms in total. The Morgan fingerprint density at radius 3 is 2.35 bits per heavy atom. The molecule has 0 atom stereocenters. The van der Waals surface area contributed by atoms with E-state index in [0.717, 1.165) is 32.1 Å². The van der Waals surface area contributed by atoms with Crippen molar-refractivity contribution in [2.24, 2.45) is 5.73 Å². The first-order valence-corrected chi connectivity index (χ1v) is 9.36. The van der Waals surface area contributed by atoms with E-state index >= 15 is 0 Å². The van der Waals surface area contributed by atoms with Gasteiger partial charge in [0.25, 0.3) is 0 Å². The Hall–Kier alpha value is -0.170. The van der Waals surface area contributed by atoms with Crippen molar-refractivity contribution in [3.63, 3.8) is 0 Å². The molecular formula is C14H28N2O3S. The molecule has 1 aliphatic carbocycles. The molecule has 1 saturated heterocycles. The largest absolute Gasteiger partial charge is 0.381 e. The third kappa shape index (κ3) is 3.03. The summed E-state index contributed by atoms with van der Waals surface area (Å²) >= 11 is 0. The fourth-order valence-electron chi connectivity index (χ4n) is 3.58. The van der Waals surface area contributed by atoms with Crippen molar-refractivity contribution in [2.75, 3.05) is 26.3 Å². The molecule has 0 radical (unpaired) electrons. The second kappa shape index (κ2) is 6.73.